The zero-order valence-corrected chi connectivity index (χ0v) is 14.1. The highest BCUT2D eigenvalue weighted by molar-refractivity contribution is 7.89. The Balaban J connectivity index is 1.70. The summed E-state index contributed by atoms with van der Waals surface area (Å²) in [5.74, 6) is 0. The molecule has 0 aliphatic heterocycles. The van der Waals surface area contributed by atoms with Crippen molar-refractivity contribution in [3.63, 3.8) is 0 Å². The van der Waals surface area contributed by atoms with Crippen LogP contribution in [0.15, 0.2) is 71.9 Å². The maximum Gasteiger partial charge on any atom is 0.416 e. The second-order valence-electron chi connectivity index (χ2n) is 5.48. The van der Waals surface area contributed by atoms with Gasteiger partial charge in [-0.15, -0.1) is 0 Å². The van der Waals surface area contributed by atoms with E-state index in [0.717, 1.165) is 30.0 Å². The first-order valence-electron chi connectivity index (χ1n) is 7.52. The summed E-state index contributed by atoms with van der Waals surface area (Å²) in [5.41, 5.74) is 0.536. The molecule has 9 heteroatoms. The minimum atomic E-state index is -4.51. The number of halogens is 3. The maximum atomic E-state index is 12.6. The molecule has 1 N–H and O–H groups in total. The predicted molar refractivity (Wildman–Crippen MR) is 89.0 cm³/mol. The number of hydrogen-bond acceptors (Lipinski definition) is 3. The third-order valence-corrected chi connectivity index (χ3v) is 5.03. The van der Waals surface area contributed by atoms with E-state index in [1.165, 1.54) is 6.20 Å². The van der Waals surface area contributed by atoms with Gasteiger partial charge in [0.1, 0.15) is 0 Å². The topological polar surface area (TPSA) is 64.0 Å². The average Bonchev–Trinajstić information content (AvgIpc) is 3.09. The van der Waals surface area contributed by atoms with E-state index in [9.17, 15) is 21.6 Å². The number of sulfonamides is 1. The molecule has 0 saturated carbocycles. The van der Waals surface area contributed by atoms with Crippen LogP contribution in [0.1, 0.15) is 11.1 Å². The molecule has 0 fully saturated rings. The molecule has 0 radical (unpaired) electrons. The number of alkyl halides is 3. The fraction of sp³-hybridized carbons (Fsp3) is 0.118. The van der Waals surface area contributed by atoms with Gasteiger partial charge in [-0.1, -0.05) is 18.2 Å². The van der Waals surface area contributed by atoms with Crippen LogP contribution < -0.4 is 4.72 Å². The Morgan fingerprint density at radius 2 is 1.65 bits per heavy atom. The van der Waals surface area contributed by atoms with Crippen molar-refractivity contribution in [2.45, 2.75) is 17.6 Å². The van der Waals surface area contributed by atoms with E-state index in [-0.39, 0.29) is 11.4 Å². The summed E-state index contributed by atoms with van der Waals surface area (Å²) in [5, 5.41) is 4.16. The number of hydrogen-bond donors (Lipinski definition) is 1. The van der Waals surface area contributed by atoms with Crippen molar-refractivity contribution in [2.75, 3.05) is 0 Å². The molecule has 0 amide bonds. The van der Waals surface area contributed by atoms with Crippen LogP contribution in [0.4, 0.5) is 13.2 Å². The van der Waals surface area contributed by atoms with Crippen LogP contribution >= 0.6 is 0 Å². The van der Waals surface area contributed by atoms with Crippen molar-refractivity contribution >= 4 is 10.0 Å². The van der Waals surface area contributed by atoms with Crippen molar-refractivity contribution in [3.05, 3.63) is 78.1 Å². The summed E-state index contributed by atoms with van der Waals surface area (Å²) < 4.78 is 66.1. The molecule has 136 valence electrons. The minimum Gasteiger partial charge on any atom is -0.241 e. The van der Waals surface area contributed by atoms with Crippen LogP contribution in [0.2, 0.25) is 0 Å². The van der Waals surface area contributed by atoms with Gasteiger partial charge in [0.05, 0.1) is 22.3 Å². The molecule has 3 aromatic rings. The van der Waals surface area contributed by atoms with Crippen LogP contribution in [-0.2, 0) is 22.7 Å². The Hall–Kier alpha value is -2.65. The van der Waals surface area contributed by atoms with Gasteiger partial charge in [0, 0.05) is 18.3 Å². The molecular formula is C17H14F3N3O2S. The SMILES string of the molecule is O=S(=O)(NCc1cnn(-c2ccccc2)c1)c1ccc(C(F)(F)F)cc1. The molecule has 1 aromatic heterocycles. The van der Waals surface area contributed by atoms with E-state index in [0.29, 0.717) is 5.56 Å². The fourth-order valence-corrected chi connectivity index (χ4v) is 3.28. The Morgan fingerprint density at radius 1 is 1.00 bits per heavy atom. The third kappa shape index (κ3) is 4.12. The van der Waals surface area contributed by atoms with Crippen LogP contribution in [0, 0.1) is 0 Å². The van der Waals surface area contributed by atoms with Gasteiger partial charge >= 0.3 is 6.18 Å². The number of para-hydroxylation sites is 1. The van der Waals surface area contributed by atoms with Gasteiger partial charge in [-0.25, -0.2) is 17.8 Å². The molecule has 5 nitrogen and oxygen atoms in total. The van der Waals surface area contributed by atoms with Gasteiger partial charge in [0.15, 0.2) is 0 Å². The van der Waals surface area contributed by atoms with Gasteiger partial charge in [-0.05, 0) is 36.4 Å². The van der Waals surface area contributed by atoms with Crippen LogP contribution in [-0.4, -0.2) is 18.2 Å². The Morgan fingerprint density at radius 3 is 2.27 bits per heavy atom. The van der Waals surface area contributed by atoms with Crippen molar-refractivity contribution in [2.24, 2.45) is 0 Å². The average molecular weight is 381 g/mol. The number of aromatic nitrogens is 2. The van der Waals surface area contributed by atoms with Crippen molar-refractivity contribution < 1.29 is 21.6 Å². The maximum absolute atomic E-state index is 12.6. The molecule has 0 bridgehead atoms. The number of nitrogens with one attached hydrogen (secondary N) is 1. The Bertz CT molecular complexity index is 982. The van der Waals surface area contributed by atoms with Gasteiger partial charge in [0.25, 0.3) is 0 Å². The molecule has 1 heterocycles. The van der Waals surface area contributed by atoms with E-state index in [4.69, 9.17) is 0 Å². The quantitative estimate of drug-likeness (QED) is 0.737. The largest absolute Gasteiger partial charge is 0.416 e. The van der Waals surface area contributed by atoms with Gasteiger partial charge < -0.3 is 0 Å². The first-order chi connectivity index (χ1) is 12.3. The molecule has 0 aliphatic carbocycles. The van der Waals surface area contributed by atoms with Crippen molar-refractivity contribution in [1.29, 1.82) is 0 Å². The van der Waals surface area contributed by atoms with E-state index < -0.39 is 21.8 Å². The summed E-state index contributed by atoms with van der Waals surface area (Å²) in [6.45, 7) is -0.0316. The highest BCUT2D eigenvalue weighted by Gasteiger charge is 2.30. The Kier molecular flexibility index (Phi) is 4.84. The molecular weight excluding hydrogens is 367 g/mol. The molecule has 0 aliphatic rings. The van der Waals surface area contributed by atoms with Crippen molar-refractivity contribution in [1.82, 2.24) is 14.5 Å². The standard InChI is InChI=1S/C17H14F3N3O2S/c18-17(19,20)14-6-8-16(9-7-14)26(24,25)22-11-13-10-21-23(12-13)15-4-2-1-3-5-15/h1-10,12,22H,11H2. The lowest BCUT2D eigenvalue weighted by atomic mass is 10.2. The number of nitrogens with zero attached hydrogens (tertiary/aromatic N) is 2. The lowest BCUT2D eigenvalue weighted by Gasteiger charge is -2.09. The monoisotopic (exact) mass is 381 g/mol. The lowest BCUT2D eigenvalue weighted by Crippen LogP contribution is -2.23. The summed E-state index contributed by atoms with van der Waals surface area (Å²) in [6.07, 6.45) is -1.32. The van der Waals surface area contributed by atoms with Gasteiger partial charge in [-0.3, -0.25) is 0 Å². The first kappa shape index (κ1) is 18.2. The predicted octanol–water partition coefficient (Wildman–Crippen LogP) is 3.37. The summed E-state index contributed by atoms with van der Waals surface area (Å²) >= 11 is 0. The molecule has 0 unspecified atom stereocenters. The molecule has 2 aromatic carbocycles. The van der Waals surface area contributed by atoms with Crippen molar-refractivity contribution in [3.8, 4) is 5.69 Å². The third-order valence-electron chi connectivity index (χ3n) is 3.62. The van der Waals surface area contributed by atoms with E-state index in [2.05, 4.69) is 9.82 Å². The van der Waals surface area contributed by atoms with Crippen LogP contribution in [0.25, 0.3) is 5.69 Å². The first-order valence-corrected chi connectivity index (χ1v) is 9.00. The summed E-state index contributed by atoms with van der Waals surface area (Å²) in [6, 6.07) is 12.6. The smallest absolute Gasteiger partial charge is 0.241 e. The van der Waals surface area contributed by atoms with E-state index in [1.54, 1.807) is 10.9 Å². The van der Waals surface area contributed by atoms with Crippen LogP contribution in [0.5, 0.6) is 0 Å². The normalized spacial score (nSPS) is 12.3. The highest BCUT2D eigenvalue weighted by atomic mass is 32.2. The fourth-order valence-electron chi connectivity index (χ4n) is 2.26. The molecule has 0 saturated heterocycles. The molecule has 3 rings (SSSR count). The van der Waals surface area contributed by atoms with E-state index in [1.807, 2.05) is 30.3 Å². The summed E-state index contributed by atoms with van der Waals surface area (Å²) in [7, 11) is -3.93. The zero-order valence-electron chi connectivity index (χ0n) is 13.3. The van der Waals surface area contributed by atoms with Gasteiger partial charge in [-0.2, -0.15) is 18.3 Å². The second-order valence-corrected chi connectivity index (χ2v) is 7.24. The molecule has 0 spiro atoms. The summed E-state index contributed by atoms with van der Waals surface area (Å²) in [4.78, 5) is -0.235. The van der Waals surface area contributed by atoms with E-state index >= 15 is 0 Å². The zero-order chi connectivity index (χ0) is 18.8. The number of benzene rings is 2. The molecule has 0 atom stereocenters. The van der Waals surface area contributed by atoms with Crippen LogP contribution in [0.3, 0.4) is 0 Å². The molecule has 26 heavy (non-hydrogen) atoms. The minimum absolute atomic E-state index is 0.0316. The van der Waals surface area contributed by atoms with Gasteiger partial charge in [0.2, 0.25) is 10.0 Å². The number of rotatable bonds is 5. The Labute approximate surface area is 148 Å². The second kappa shape index (κ2) is 6.93. The highest BCUT2D eigenvalue weighted by Crippen LogP contribution is 2.29. The lowest BCUT2D eigenvalue weighted by molar-refractivity contribution is -0.137.